The minimum atomic E-state index is -0.742. The summed E-state index contributed by atoms with van der Waals surface area (Å²) < 4.78 is 2.26. The Kier molecular flexibility index (Phi) is 3.07. The number of halogens is 1. The van der Waals surface area contributed by atoms with Gasteiger partial charge in [0.25, 0.3) is 0 Å². The van der Waals surface area contributed by atoms with Gasteiger partial charge in [0.2, 0.25) is 0 Å². The van der Waals surface area contributed by atoms with Crippen molar-refractivity contribution in [2.24, 2.45) is 0 Å². The lowest BCUT2D eigenvalue weighted by Crippen LogP contribution is -1.95. The second kappa shape index (κ2) is 4.33. The molecule has 1 aromatic heterocycles. The number of hydrogen-bond donors (Lipinski definition) is 1. The van der Waals surface area contributed by atoms with Gasteiger partial charge in [-0.15, -0.1) is 11.3 Å². The van der Waals surface area contributed by atoms with Crippen LogP contribution in [-0.2, 0) is 11.2 Å². The van der Waals surface area contributed by atoms with Crippen molar-refractivity contribution in [1.82, 2.24) is 0 Å². The topological polar surface area (TPSA) is 37.3 Å². The van der Waals surface area contributed by atoms with Crippen LogP contribution < -0.4 is 0 Å². The summed E-state index contributed by atoms with van der Waals surface area (Å²) in [6.07, 6.45) is 0.820. The van der Waals surface area contributed by atoms with E-state index in [0.29, 0.717) is 6.42 Å². The zero-order valence-corrected chi connectivity index (χ0v) is 10.3. The van der Waals surface area contributed by atoms with Crippen molar-refractivity contribution in [3.63, 3.8) is 0 Å². The predicted octanol–water partition coefficient (Wildman–Crippen LogP) is 3.68. The first-order valence-corrected chi connectivity index (χ1v) is 6.16. The number of aliphatic carboxylic acids is 1. The Morgan fingerprint density at radius 1 is 1.40 bits per heavy atom. The highest BCUT2D eigenvalue weighted by Crippen LogP contribution is 2.28. The van der Waals surface area contributed by atoms with E-state index in [1.54, 1.807) is 11.3 Å². The molecular formula is C11H9BrO2S. The zero-order valence-electron chi connectivity index (χ0n) is 7.87. The van der Waals surface area contributed by atoms with Gasteiger partial charge in [-0.05, 0) is 30.0 Å². The molecule has 4 heteroatoms. The lowest BCUT2D eigenvalue weighted by molar-refractivity contribution is -0.136. The maximum absolute atomic E-state index is 10.4. The van der Waals surface area contributed by atoms with Gasteiger partial charge in [-0.25, -0.2) is 0 Å². The van der Waals surface area contributed by atoms with Gasteiger partial charge in [0.15, 0.2) is 0 Å². The highest BCUT2D eigenvalue weighted by atomic mass is 79.9. The van der Waals surface area contributed by atoms with Gasteiger partial charge in [0.05, 0.1) is 6.42 Å². The van der Waals surface area contributed by atoms with Gasteiger partial charge >= 0.3 is 5.97 Å². The van der Waals surface area contributed by atoms with Crippen molar-refractivity contribution in [1.29, 1.82) is 0 Å². The van der Waals surface area contributed by atoms with Crippen molar-refractivity contribution < 1.29 is 9.90 Å². The third-order valence-corrected chi connectivity index (χ3v) is 3.77. The van der Waals surface area contributed by atoms with Crippen molar-refractivity contribution in [2.45, 2.75) is 12.8 Å². The van der Waals surface area contributed by atoms with Crippen LogP contribution in [0.2, 0.25) is 0 Å². The summed E-state index contributed by atoms with van der Waals surface area (Å²) in [6.45, 7) is 0. The monoisotopic (exact) mass is 284 g/mol. The number of carboxylic acids is 1. The number of aryl methyl sites for hydroxylation is 1. The van der Waals surface area contributed by atoms with Gasteiger partial charge in [-0.2, -0.15) is 0 Å². The van der Waals surface area contributed by atoms with E-state index in [9.17, 15) is 4.79 Å². The van der Waals surface area contributed by atoms with Crippen molar-refractivity contribution >= 4 is 43.3 Å². The maximum Gasteiger partial charge on any atom is 0.303 e. The molecule has 15 heavy (non-hydrogen) atoms. The van der Waals surface area contributed by atoms with E-state index in [-0.39, 0.29) is 6.42 Å². The molecule has 78 valence electrons. The minimum absolute atomic E-state index is 0.202. The van der Waals surface area contributed by atoms with Crippen LogP contribution in [0.3, 0.4) is 0 Å². The molecule has 0 aliphatic heterocycles. The molecular weight excluding hydrogens is 276 g/mol. The zero-order chi connectivity index (χ0) is 10.8. The molecule has 1 aromatic carbocycles. The van der Waals surface area contributed by atoms with Crippen LogP contribution in [0.1, 0.15) is 11.3 Å². The largest absolute Gasteiger partial charge is 0.481 e. The van der Waals surface area contributed by atoms with Crippen LogP contribution in [-0.4, -0.2) is 11.1 Å². The van der Waals surface area contributed by atoms with Crippen molar-refractivity contribution in [3.8, 4) is 0 Å². The second-order valence-electron chi connectivity index (χ2n) is 3.29. The SMILES string of the molecule is O=C(O)CCc1cc2ccc(Br)cc2s1. The fourth-order valence-electron chi connectivity index (χ4n) is 1.41. The predicted molar refractivity (Wildman–Crippen MR) is 65.5 cm³/mol. The second-order valence-corrected chi connectivity index (χ2v) is 5.37. The van der Waals surface area contributed by atoms with E-state index in [2.05, 4.69) is 28.1 Å². The Morgan fingerprint density at radius 3 is 2.93 bits per heavy atom. The molecule has 0 aliphatic carbocycles. The van der Waals surface area contributed by atoms with E-state index in [1.165, 1.54) is 10.1 Å². The van der Waals surface area contributed by atoms with E-state index < -0.39 is 5.97 Å². The Bertz CT molecular complexity index is 504. The summed E-state index contributed by atoms with van der Waals surface area (Å²) >= 11 is 5.08. The number of carbonyl (C=O) groups is 1. The summed E-state index contributed by atoms with van der Waals surface area (Å²) in [7, 11) is 0. The van der Waals surface area contributed by atoms with Gasteiger partial charge < -0.3 is 5.11 Å². The average Bonchev–Trinajstić information content (AvgIpc) is 2.56. The van der Waals surface area contributed by atoms with Crippen LogP contribution in [0.5, 0.6) is 0 Å². The molecule has 2 aromatic rings. The molecule has 0 unspecified atom stereocenters. The maximum atomic E-state index is 10.4. The van der Waals surface area contributed by atoms with Crippen molar-refractivity contribution in [3.05, 3.63) is 33.6 Å². The third kappa shape index (κ3) is 2.58. The van der Waals surface area contributed by atoms with Gasteiger partial charge in [-0.1, -0.05) is 22.0 Å². The molecule has 0 bridgehead atoms. The first kappa shape index (κ1) is 10.6. The summed E-state index contributed by atoms with van der Waals surface area (Å²) in [5, 5.41) is 9.77. The Morgan fingerprint density at radius 2 is 2.20 bits per heavy atom. The minimum Gasteiger partial charge on any atom is -0.481 e. The Balaban J connectivity index is 2.27. The summed E-state index contributed by atoms with van der Waals surface area (Å²) in [5.74, 6) is -0.742. The van der Waals surface area contributed by atoms with Crippen LogP contribution in [0.25, 0.3) is 10.1 Å². The van der Waals surface area contributed by atoms with Crippen LogP contribution >= 0.6 is 27.3 Å². The molecule has 0 spiro atoms. The number of benzene rings is 1. The van der Waals surface area contributed by atoms with Crippen LogP contribution in [0.4, 0.5) is 0 Å². The molecule has 2 rings (SSSR count). The first-order valence-electron chi connectivity index (χ1n) is 4.55. The molecule has 0 radical (unpaired) electrons. The quantitative estimate of drug-likeness (QED) is 0.934. The van der Waals surface area contributed by atoms with E-state index >= 15 is 0 Å². The molecule has 0 aliphatic rings. The van der Waals surface area contributed by atoms with Crippen LogP contribution in [0, 0.1) is 0 Å². The lowest BCUT2D eigenvalue weighted by atomic mass is 10.2. The molecule has 0 atom stereocenters. The highest BCUT2D eigenvalue weighted by molar-refractivity contribution is 9.10. The first-order chi connectivity index (χ1) is 7.15. The van der Waals surface area contributed by atoms with E-state index in [4.69, 9.17) is 5.11 Å². The van der Waals surface area contributed by atoms with Gasteiger partial charge in [0.1, 0.15) is 0 Å². The number of rotatable bonds is 3. The molecule has 1 N–H and O–H groups in total. The Hall–Kier alpha value is -0.870. The van der Waals surface area contributed by atoms with Gasteiger partial charge in [0, 0.05) is 14.0 Å². The summed E-state index contributed by atoms with van der Waals surface area (Å²) in [6, 6.07) is 8.16. The molecule has 2 nitrogen and oxygen atoms in total. The molecule has 0 saturated carbocycles. The van der Waals surface area contributed by atoms with Crippen LogP contribution in [0.15, 0.2) is 28.7 Å². The number of thiophene rings is 1. The highest BCUT2D eigenvalue weighted by Gasteiger charge is 2.04. The molecule has 0 amide bonds. The van der Waals surface area contributed by atoms with Gasteiger partial charge in [-0.3, -0.25) is 4.79 Å². The normalized spacial score (nSPS) is 10.7. The molecule has 0 saturated heterocycles. The summed E-state index contributed by atoms with van der Waals surface area (Å²) in [4.78, 5) is 11.6. The number of fused-ring (bicyclic) bond motifs is 1. The smallest absolute Gasteiger partial charge is 0.303 e. The van der Waals surface area contributed by atoms with E-state index in [0.717, 1.165) is 9.35 Å². The van der Waals surface area contributed by atoms with E-state index in [1.807, 2.05) is 12.1 Å². The fraction of sp³-hybridized carbons (Fsp3) is 0.182. The number of carboxylic acid groups (broad SMARTS) is 1. The lowest BCUT2D eigenvalue weighted by Gasteiger charge is -1.90. The average molecular weight is 285 g/mol. The third-order valence-electron chi connectivity index (χ3n) is 2.12. The Labute approximate surface area is 99.7 Å². The number of hydrogen-bond acceptors (Lipinski definition) is 2. The van der Waals surface area contributed by atoms with Crippen molar-refractivity contribution in [2.75, 3.05) is 0 Å². The molecule has 1 heterocycles. The molecule has 0 fully saturated rings. The standard InChI is InChI=1S/C11H9BrO2S/c12-8-2-1-7-5-9(3-4-11(13)14)15-10(7)6-8/h1-2,5-6H,3-4H2,(H,13,14). The fourth-order valence-corrected chi connectivity index (χ4v) is 3.03. The summed E-state index contributed by atoms with van der Waals surface area (Å²) in [5.41, 5.74) is 0.